The van der Waals surface area contributed by atoms with Crippen LogP contribution in [-0.4, -0.2) is 27.1 Å². The molecule has 0 saturated heterocycles. The average Bonchev–Trinajstić information content (AvgIpc) is 2.52. The van der Waals surface area contributed by atoms with Gasteiger partial charge in [-0.15, -0.1) is 0 Å². The van der Waals surface area contributed by atoms with Crippen LogP contribution in [0.1, 0.15) is 5.56 Å². The van der Waals surface area contributed by atoms with Crippen molar-refractivity contribution >= 4 is 21.6 Å². The summed E-state index contributed by atoms with van der Waals surface area (Å²) < 4.78 is 37.7. The monoisotopic (exact) mass is 336 g/mol. The van der Waals surface area contributed by atoms with Crippen molar-refractivity contribution in [3.05, 3.63) is 66.0 Å². The molecular formula is C16H17FN2O3S. The van der Waals surface area contributed by atoms with E-state index in [2.05, 4.69) is 5.32 Å². The van der Waals surface area contributed by atoms with E-state index in [-0.39, 0.29) is 12.2 Å². The maximum Gasteiger partial charge on any atom is 0.241 e. The standard InChI is InChI=1S/C16H17FN2O3S/c1-23(21,22)19(15-9-7-14(17)8-10-15)12-16(20)18-11-13-5-3-2-4-6-13/h2-10H,11-12H2,1H3,(H,18,20). The maximum atomic E-state index is 13.0. The number of hydrogen-bond donors (Lipinski definition) is 1. The van der Waals surface area contributed by atoms with Crippen molar-refractivity contribution in [1.29, 1.82) is 0 Å². The molecule has 0 aliphatic carbocycles. The number of hydrogen-bond acceptors (Lipinski definition) is 3. The second kappa shape index (κ2) is 7.23. The molecule has 0 radical (unpaired) electrons. The van der Waals surface area contributed by atoms with Gasteiger partial charge in [-0.05, 0) is 29.8 Å². The Kier molecular flexibility index (Phi) is 5.33. The molecule has 0 fully saturated rings. The minimum atomic E-state index is -3.66. The van der Waals surface area contributed by atoms with Crippen LogP contribution in [0.15, 0.2) is 54.6 Å². The van der Waals surface area contributed by atoms with Gasteiger partial charge in [-0.3, -0.25) is 9.10 Å². The molecule has 0 unspecified atom stereocenters. The third-order valence-corrected chi connectivity index (χ3v) is 4.28. The SMILES string of the molecule is CS(=O)(=O)N(CC(=O)NCc1ccccc1)c1ccc(F)cc1. The molecule has 2 rings (SSSR count). The highest BCUT2D eigenvalue weighted by molar-refractivity contribution is 7.92. The van der Waals surface area contributed by atoms with Crippen LogP contribution in [0.25, 0.3) is 0 Å². The highest BCUT2D eigenvalue weighted by Gasteiger charge is 2.20. The fraction of sp³-hybridized carbons (Fsp3) is 0.188. The number of carbonyl (C=O) groups is 1. The number of benzene rings is 2. The fourth-order valence-corrected chi connectivity index (χ4v) is 2.85. The molecule has 5 nitrogen and oxygen atoms in total. The number of nitrogens with zero attached hydrogens (tertiary/aromatic N) is 1. The minimum absolute atomic E-state index is 0.240. The van der Waals surface area contributed by atoms with Crippen LogP contribution in [0.3, 0.4) is 0 Å². The summed E-state index contributed by atoms with van der Waals surface area (Å²) in [6, 6.07) is 14.2. The topological polar surface area (TPSA) is 66.5 Å². The van der Waals surface area contributed by atoms with Gasteiger partial charge in [-0.25, -0.2) is 12.8 Å². The molecule has 0 aromatic heterocycles. The zero-order valence-electron chi connectivity index (χ0n) is 12.6. The molecule has 122 valence electrons. The highest BCUT2D eigenvalue weighted by Crippen LogP contribution is 2.17. The molecule has 0 heterocycles. The van der Waals surface area contributed by atoms with Crippen LogP contribution >= 0.6 is 0 Å². The van der Waals surface area contributed by atoms with Gasteiger partial charge < -0.3 is 5.32 Å². The molecule has 7 heteroatoms. The molecule has 0 atom stereocenters. The van der Waals surface area contributed by atoms with E-state index in [0.29, 0.717) is 6.54 Å². The number of anilines is 1. The van der Waals surface area contributed by atoms with Gasteiger partial charge in [0.05, 0.1) is 11.9 Å². The molecule has 23 heavy (non-hydrogen) atoms. The molecular weight excluding hydrogens is 319 g/mol. The van der Waals surface area contributed by atoms with Crippen molar-refractivity contribution in [2.75, 3.05) is 17.1 Å². The molecule has 1 amide bonds. The van der Waals surface area contributed by atoms with Gasteiger partial charge in [0.15, 0.2) is 0 Å². The Hall–Kier alpha value is -2.41. The number of carbonyl (C=O) groups excluding carboxylic acids is 1. The van der Waals surface area contributed by atoms with Gasteiger partial charge >= 0.3 is 0 Å². The first kappa shape index (κ1) is 17.0. The molecule has 0 aliphatic rings. The van der Waals surface area contributed by atoms with E-state index in [9.17, 15) is 17.6 Å². The normalized spacial score (nSPS) is 11.0. The molecule has 0 saturated carbocycles. The van der Waals surface area contributed by atoms with Gasteiger partial charge in [0, 0.05) is 6.54 Å². The first-order valence-electron chi connectivity index (χ1n) is 6.90. The molecule has 0 bridgehead atoms. The van der Waals surface area contributed by atoms with Crippen molar-refractivity contribution in [3.63, 3.8) is 0 Å². The van der Waals surface area contributed by atoms with Gasteiger partial charge in [0.1, 0.15) is 12.4 Å². The largest absolute Gasteiger partial charge is 0.350 e. The number of nitrogens with one attached hydrogen (secondary N) is 1. The quantitative estimate of drug-likeness (QED) is 0.876. The summed E-state index contributed by atoms with van der Waals surface area (Å²) in [4.78, 5) is 12.0. The Morgan fingerprint density at radius 3 is 2.26 bits per heavy atom. The van der Waals surface area contributed by atoms with E-state index >= 15 is 0 Å². The summed E-state index contributed by atoms with van der Waals surface area (Å²) in [5, 5.41) is 2.66. The van der Waals surface area contributed by atoms with Crippen molar-refractivity contribution in [2.45, 2.75) is 6.54 Å². The lowest BCUT2D eigenvalue weighted by Gasteiger charge is -2.21. The van der Waals surface area contributed by atoms with Crippen molar-refractivity contribution in [3.8, 4) is 0 Å². The van der Waals surface area contributed by atoms with E-state index < -0.39 is 21.7 Å². The van der Waals surface area contributed by atoms with Crippen LogP contribution in [0, 0.1) is 5.82 Å². The van der Waals surface area contributed by atoms with E-state index in [4.69, 9.17) is 0 Å². The third-order valence-electron chi connectivity index (χ3n) is 3.13. The van der Waals surface area contributed by atoms with E-state index in [1.165, 1.54) is 12.1 Å². The summed E-state index contributed by atoms with van der Waals surface area (Å²) in [5.74, 6) is -0.917. The molecule has 0 spiro atoms. The van der Waals surface area contributed by atoms with Crippen molar-refractivity contribution in [1.82, 2.24) is 5.32 Å². The lowest BCUT2D eigenvalue weighted by molar-refractivity contribution is -0.119. The second-order valence-corrected chi connectivity index (χ2v) is 6.92. The fourth-order valence-electron chi connectivity index (χ4n) is 1.99. The lowest BCUT2D eigenvalue weighted by atomic mass is 10.2. The Bertz CT molecular complexity index is 762. The van der Waals surface area contributed by atoms with Crippen LogP contribution in [0.2, 0.25) is 0 Å². The summed E-state index contributed by atoms with van der Waals surface area (Å²) in [5.41, 5.74) is 1.15. The van der Waals surface area contributed by atoms with E-state index in [1.807, 2.05) is 30.3 Å². The smallest absolute Gasteiger partial charge is 0.241 e. The van der Waals surface area contributed by atoms with Crippen molar-refractivity contribution < 1.29 is 17.6 Å². The Morgan fingerprint density at radius 2 is 1.70 bits per heavy atom. The van der Waals surface area contributed by atoms with Gasteiger partial charge in [-0.2, -0.15) is 0 Å². The Balaban J connectivity index is 2.06. The summed E-state index contributed by atoms with van der Waals surface area (Å²) in [7, 11) is -3.66. The molecule has 2 aromatic rings. The Morgan fingerprint density at radius 1 is 1.09 bits per heavy atom. The maximum absolute atomic E-state index is 13.0. The number of halogens is 1. The van der Waals surface area contributed by atoms with Crippen LogP contribution in [0.5, 0.6) is 0 Å². The highest BCUT2D eigenvalue weighted by atomic mass is 32.2. The summed E-state index contributed by atoms with van der Waals surface area (Å²) >= 11 is 0. The van der Waals surface area contributed by atoms with Gasteiger partial charge in [0.25, 0.3) is 0 Å². The predicted molar refractivity (Wildman–Crippen MR) is 86.9 cm³/mol. The van der Waals surface area contributed by atoms with Crippen LogP contribution in [0.4, 0.5) is 10.1 Å². The first-order valence-corrected chi connectivity index (χ1v) is 8.75. The predicted octanol–water partition coefficient (Wildman–Crippen LogP) is 1.91. The lowest BCUT2D eigenvalue weighted by Crippen LogP contribution is -2.40. The Labute approximate surface area is 134 Å². The number of sulfonamides is 1. The third kappa shape index (κ3) is 5.07. The van der Waals surface area contributed by atoms with E-state index in [0.717, 1.165) is 28.3 Å². The summed E-state index contributed by atoms with van der Waals surface area (Å²) in [6.45, 7) is -0.0575. The molecule has 1 N–H and O–H groups in total. The number of amides is 1. The van der Waals surface area contributed by atoms with Crippen LogP contribution in [-0.2, 0) is 21.4 Å². The zero-order valence-corrected chi connectivity index (χ0v) is 13.4. The molecule has 2 aromatic carbocycles. The average molecular weight is 336 g/mol. The van der Waals surface area contributed by atoms with Gasteiger partial charge in [-0.1, -0.05) is 30.3 Å². The minimum Gasteiger partial charge on any atom is -0.350 e. The van der Waals surface area contributed by atoms with Crippen LogP contribution < -0.4 is 9.62 Å². The van der Waals surface area contributed by atoms with Crippen molar-refractivity contribution in [2.24, 2.45) is 0 Å². The number of rotatable bonds is 6. The van der Waals surface area contributed by atoms with E-state index in [1.54, 1.807) is 0 Å². The van der Waals surface area contributed by atoms with Gasteiger partial charge in [0.2, 0.25) is 15.9 Å². The zero-order chi connectivity index (χ0) is 16.9. The first-order chi connectivity index (χ1) is 10.9. The summed E-state index contributed by atoms with van der Waals surface area (Å²) in [6.07, 6.45) is 1.00. The molecule has 0 aliphatic heterocycles. The second-order valence-electron chi connectivity index (χ2n) is 5.01.